The van der Waals surface area contributed by atoms with Crippen LogP contribution in [0, 0.1) is 48.7 Å². The van der Waals surface area contributed by atoms with Gasteiger partial charge in [-0.25, -0.2) is 0 Å². The van der Waals surface area contributed by atoms with E-state index < -0.39 is 0 Å². The highest BCUT2D eigenvalue weighted by Gasteiger charge is 2.71. The Kier molecular flexibility index (Phi) is 33.7. The monoisotopic (exact) mass is 1830 g/mol. The average Bonchev–Trinajstić information content (AvgIpc) is 0.695. The van der Waals surface area contributed by atoms with Crippen LogP contribution < -0.4 is 0 Å². The van der Waals surface area contributed by atoms with Gasteiger partial charge in [-0.05, 0) is 375 Å². The number of nitrogens with zero attached hydrogens (tertiary/aromatic N) is 7. The van der Waals surface area contributed by atoms with Gasteiger partial charge in [-0.1, -0.05) is 208 Å². The zero-order chi connectivity index (χ0) is 103. The summed E-state index contributed by atoms with van der Waals surface area (Å²) in [6.45, 7) is 165. The molecule has 0 atom stereocenters. The number of rotatable bonds is 0. The van der Waals surface area contributed by atoms with Gasteiger partial charge < -0.3 is 9.47 Å². The summed E-state index contributed by atoms with van der Waals surface area (Å²) in [5.41, 5.74) is 4.14. The van der Waals surface area contributed by atoms with Gasteiger partial charge in [0.25, 0.3) is 0 Å². The molecule has 8 aliphatic heterocycles. The molecule has 8 heterocycles. The van der Waals surface area contributed by atoms with Crippen molar-refractivity contribution in [3.8, 4) is 0 Å². The van der Waals surface area contributed by atoms with Crippen LogP contribution in [0.2, 0.25) is 0 Å². The lowest BCUT2D eigenvalue weighted by atomic mass is 9.48. The van der Waals surface area contributed by atoms with E-state index in [1.54, 1.807) is 0 Å². The van der Waals surface area contributed by atoms with Crippen molar-refractivity contribution in [2.45, 2.75) is 623 Å². The molecule has 0 aromatic heterocycles. The van der Waals surface area contributed by atoms with Gasteiger partial charge in [0.2, 0.25) is 0 Å². The lowest BCUT2D eigenvalue weighted by Gasteiger charge is -2.70. The maximum atomic E-state index is 6.32. The third kappa shape index (κ3) is 18.6. The van der Waals surface area contributed by atoms with Crippen LogP contribution in [0.4, 0.5) is 0 Å². The summed E-state index contributed by atoms with van der Waals surface area (Å²) < 4.78 is 15.1. The molecule has 8 rings (SSSR count). The fraction of sp³-hybridized carbons (Fsp3) is 1.00. The van der Waals surface area contributed by atoms with E-state index >= 15 is 0 Å². The Hall–Kier alpha value is 1.04. The summed E-state index contributed by atoms with van der Waals surface area (Å²) in [6.07, 6.45) is 0. The molecule has 0 spiro atoms. The first kappa shape index (κ1) is 124. The first-order valence-electron chi connectivity index (χ1n) is 49.2. The van der Waals surface area contributed by atoms with Gasteiger partial charge in [0.15, 0.2) is 0 Å². The fourth-order valence-electron chi connectivity index (χ4n) is 22.8. The normalized spacial score (nSPS) is 32.9. The van der Waals surface area contributed by atoms with Crippen LogP contribution in [-0.4, -0.2) is 222 Å². The molecule has 0 bridgehead atoms. The molecule has 9 nitrogen and oxygen atoms in total. The van der Waals surface area contributed by atoms with E-state index in [9.17, 15) is 0 Å². The van der Waals surface area contributed by atoms with Crippen LogP contribution in [0.5, 0.6) is 0 Å². The number of hydrogen-bond donors (Lipinski definition) is 0. The van der Waals surface area contributed by atoms with Crippen LogP contribution in [0.25, 0.3) is 0 Å². The predicted octanol–water partition coefficient (Wildman–Crippen LogP) is 32.0. The third-order valence-electron chi connectivity index (χ3n) is 48.0. The highest BCUT2D eigenvalue weighted by molar-refractivity contribution is 8.02. The molecule has 8 fully saturated rings. The van der Waals surface area contributed by atoms with Crippen molar-refractivity contribution < 1.29 is 9.47 Å². The Morgan fingerprint density at radius 3 is 0.312 bits per heavy atom. The predicted molar refractivity (Wildman–Crippen MR) is 577 cm³/mol. The first-order valence-corrected chi connectivity index (χ1v) is 52.5. The molecule has 8 aliphatic rings. The summed E-state index contributed by atoms with van der Waals surface area (Å²) in [7, 11) is 15.7. The zero-order valence-electron chi connectivity index (χ0n) is 100. The maximum Gasteiger partial charge on any atom is 0.0812 e. The van der Waals surface area contributed by atoms with E-state index in [-0.39, 0.29) is 109 Å². The number of ether oxygens (including phenoxy) is 2. The SMILES string of the molecule is CC1(C)SC(C)(C)C(C)(C)C(C)(C)C1(C)C.CC1(C)SC(C)(C)C(C)(C)C(C)(C)C1(C)C.CC1(C)SC(C)(C)C(C)(C)C(C)(C)C1(C)C.CN1C(C)(C)C(C)(C)N(C)C(C)(C)C1(C)C.CN1C(C)(C)C(C)(C)N(C)C(C)(C)C1(C)C.CN1C(C)(C)C(C)(C)OC(C)(C)C1(C)C.CN1C(C)(C)C(C)(C)OC(C)(C)C1(C)C.CN1C(C)(C)C(C)(C)SC(C)(C)C1(C)C. The van der Waals surface area contributed by atoms with E-state index in [0.717, 1.165) is 0 Å². The number of likely N-dealkylation sites (N-methyl/N-ethyl adjacent to an activating group) is 6. The summed E-state index contributed by atoms with van der Waals surface area (Å²) in [6, 6.07) is 0. The van der Waals surface area contributed by atoms with Gasteiger partial charge in [-0.2, -0.15) is 0 Å². The quantitative estimate of drug-likeness (QED) is 0.231. The molecule has 0 aliphatic carbocycles. The summed E-state index contributed by atoms with van der Waals surface area (Å²) in [5, 5.41) is 0. The van der Waals surface area contributed by atoms with Crippen molar-refractivity contribution in [1.29, 1.82) is 0 Å². The van der Waals surface area contributed by atoms with Gasteiger partial charge >= 0.3 is 0 Å². The molecule has 0 saturated carbocycles. The van der Waals surface area contributed by atoms with E-state index in [1.165, 1.54) is 0 Å². The van der Waals surface area contributed by atoms with Crippen molar-refractivity contribution in [1.82, 2.24) is 34.3 Å². The summed E-state index contributed by atoms with van der Waals surface area (Å²) >= 11 is 8.61. The van der Waals surface area contributed by atoms with Crippen molar-refractivity contribution in [3.05, 3.63) is 0 Å². The standard InChI is InChI=1S/3C15H30S.2C14H30N2.2C13H27NO.C13H27NS/c3*1-11(2)12(3,4)14(7,8)16-15(9,10)13(11,5)6;2*1-11(2)12(3,4)16(10)14(7,8)13(5,6)15(11)9;3*1-10(2)12(5,6)15-13(7,8)11(3,4)14(10)9/h5*1-10H3;3*1-9H3. The second-order valence-electron chi connectivity index (χ2n) is 59.1. The smallest absolute Gasteiger partial charge is 0.0812 e. The molecule has 0 aromatic rings. The minimum Gasteiger partial charge on any atom is -0.366 e. The van der Waals surface area contributed by atoms with E-state index in [0.29, 0.717) is 77.2 Å². The van der Waals surface area contributed by atoms with E-state index in [4.69, 9.17) is 9.47 Å². The molecule has 13 heteroatoms. The van der Waals surface area contributed by atoms with E-state index in [2.05, 4.69) is 615 Å². The molecule has 0 aromatic carbocycles. The topological polar surface area (TPSA) is 41.1 Å². The van der Waals surface area contributed by atoms with E-state index in [1.807, 2.05) is 0 Å². The lowest BCUT2D eigenvalue weighted by Crippen LogP contribution is -2.82. The largest absolute Gasteiger partial charge is 0.366 e. The Labute approximate surface area is 805 Å². The Morgan fingerprint density at radius 1 is 0.112 bits per heavy atom. The molecule has 8 saturated heterocycles. The number of hydrogen-bond acceptors (Lipinski definition) is 13. The summed E-state index contributed by atoms with van der Waals surface area (Å²) in [5.74, 6) is 0. The maximum absolute atomic E-state index is 6.32. The molecule has 0 N–H and O–H groups in total. The highest BCUT2D eigenvalue weighted by Crippen LogP contribution is 2.75. The molecule has 0 amide bonds. The molecule has 750 valence electrons. The second-order valence-corrected chi connectivity index (χ2v) is 68.1. The molecule has 0 unspecified atom stereocenters. The van der Waals surface area contributed by atoms with Crippen molar-refractivity contribution >= 4 is 47.0 Å². The van der Waals surface area contributed by atoms with Crippen molar-refractivity contribution in [3.63, 3.8) is 0 Å². The van der Waals surface area contributed by atoms with Gasteiger partial charge in [-0.15, -0.1) is 47.0 Å². The molecule has 0 radical (unpaired) electrons. The Balaban J connectivity index is 0.000000714. The number of morpholine rings is 2. The van der Waals surface area contributed by atoms with Crippen LogP contribution in [0.3, 0.4) is 0 Å². The van der Waals surface area contributed by atoms with Crippen LogP contribution in [0.15, 0.2) is 0 Å². The fourth-order valence-corrected chi connectivity index (χ4v) is 31.7. The number of thioether (sulfide) groups is 4. The van der Waals surface area contributed by atoms with Crippen LogP contribution >= 0.6 is 47.0 Å². The molecular formula is C112H231N7O2S4. The number of piperazine rings is 2. The summed E-state index contributed by atoms with van der Waals surface area (Å²) in [4.78, 5) is 17.6. The van der Waals surface area contributed by atoms with Crippen molar-refractivity contribution in [2.24, 2.45) is 48.7 Å². The minimum atomic E-state index is -0.138. The first-order chi connectivity index (χ1) is 52.8. The third-order valence-corrected chi connectivity index (χ3v) is 56.2. The molecule has 125 heavy (non-hydrogen) atoms. The van der Waals surface area contributed by atoms with Gasteiger partial charge in [0, 0.05) is 116 Å². The average molecular weight is 1840 g/mol. The van der Waals surface area contributed by atoms with Crippen molar-refractivity contribution in [2.75, 3.05) is 49.3 Å². The zero-order valence-corrected chi connectivity index (χ0v) is 103. The minimum absolute atomic E-state index is 0.0337. The molecular weight excluding hydrogens is 1600 g/mol. The Morgan fingerprint density at radius 2 is 0.200 bits per heavy atom. The van der Waals surface area contributed by atoms with Gasteiger partial charge in [-0.3, -0.25) is 34.3 Å². The van der Waals surface area contributed by atoms with Gasteiger partial charge in [0.05, 0.1) is 22.4 Å². The Bertz CT molecular complexity index is 3060. The lowest BCUT2D eigenvalue weighted by molar-refractivity contribution is -0.285. The van der Waals surface area contributed by atoms with Crippen LogP contribution in [-0.2, 0) is 9.47 Å². The highest BCUT2D eigenvalue weighted by atomic mass is 32.2. The van der Waals surface area contributed by atoms with Crippen LogP contribution in [0.1, 0.15) is 485 Å². The second kappa shape index (κ2) is 34.0. The van der Waals surface area contributed by atoms with Gasteiger partial charge in [0.1, 0.15) is 0 Å².